The molecule has 0 aliphatic carbocycles. The molecule has 0 spiro atoms. The molecule has 3 N–H and O–H groups in total. The van der Waals surface area contributed by atoms with Crippen LogP contribution in [0.1, 0.15) is 0 Å². The van der Waals surface area contributed by atoms with Crippen LogP contribution < -0.4 is 15.2 Å². The summed E-state index contributed by atoms with van der Waals surface area (Å²) in [6, 6.07) is 13.4. The highest BCUT2D eigenvalue weighted by molar-refractivity contribution is 9.10. The van der Waals surface area contributed by atoms with E-state index in [0.717, 1.165) is 0 Å². The monoisotopic (exact) mass is 370 g/mol. The predicted molar refractivity (Wildman–Crippen MR) is 85.7 cm³/mol. The van der Waals surface area contributed by atoms with Crippen molar-refractivity contribution >= 4 is 31.6 Å². The number of rotatable bonds is 6. The van der Waals surface area contributed by atoms with E-state index in [2.05, 4.69) is 20.7 Å². The maximum atomic E-state index is 12.0. The molecule has 0 aliphatic heterocycles. The van der Waals surface area contributed by atoms with Crippen molar-refractivity contribution in [3.05, 3.63) is 53.0 Å². The Morgan fingerprint density at radius 3 is 2.52 bits per heavy atom. The highest BCUT2D eigenvalue weighted by atomic mass is 79.9. The molecule has 0 unspecified atom stereocenters. The Labute approximate surface area is 132 Å². The smallest absolute Gasteiger partial charge is 0.240 e. The first-order chi connectivity index (χ1) is 9.97. The van der Waals surface area contributed by atoms with E-state index < -0.39 is 10.0 Å². The molecule has 0 radical (unpaired) electrons. The molecule has 0 aromatic heterocycles. The average molecular weight is 371 g/mol. The minimum absolute atomic E-state index is 0.180. The molecular formula is C14H15BrN2O3S. The molecule has 0 saturated heterocycles. The van der Waals surface area contributed by atoms with Crippen molar-refractivity contribution in [2.24, 2.45) is 0 Å². The Morgan fingerprint density at radius 1 is 1.14 bits per heavy atom. The summed E-state index contributed by atoms with van der Waals surface area (Å²) in [5.41, 5.74) is 6.21. The molecule has 0 heterocycles. The lowest BCUT2D eigenvalue weighted by atomic mass is 10.3. The summed E-state index contributed by atoms with van der Waals surface area (Å²) >= 11 is 3.25. The Balaban J connectivity index is 1.86. The molecular weight excluding hydrogens is 356 g/mol. The van der Waals surface area contributed by atoms with Crippen molar-refractivity contribution in [3.8, 4) is 5.75 Å². The second kappa shape index (κ2) is 6.93. The maximum Gasteiger partial charge on any atom is 0.240 e. The zero-order chi connectivity index (χ0) is 15.3. The summed E-state index contributed by atoms with van der Waals surface area (Å²) in [7, 11) is -3.52. The largest absolute Gasteiger partial charge is 0.492 e. The summed E-state index contributed by atoms with van der Waals surface area (Å²) < 4.78 is 32.7. The van der Waals surface area contributed by atoms with E-state index in [1.54, 1.807) is 42.5 Å². The van der Waals surface area contributed by atoms with Crippen LogP contribution in [0.15, 0.2) is 57.9 Å². The number of anilines is 1. The minimum Gasteiger partial charge on any atom is -0.492 e. The van der Waals surface area contributed by atoms with Crippen LogP contribution in [0.5, 0.6) is 5.75 Å². The fourth-order valence-electron chi connectivity index (χ4n) is 1.63. The highest BCUT2D eigenvalue weighted by Crippen LogP contribution is 2.16. The number of hydrogen-bond acceptors (Lipinski definition) is 4. The molecule has 5 nitrogen and oxygen atoms in total. The number of nitrogens with two attached hydrogens (primary N) is 1. The van der Waals surface area contributed by atoms with E-state index in [9.17, 15) is 8.42 Å². The Hall–Kier alpha value is -1.57. The van der Waals surface area contributed by atoms with Crippen LogP contribution in [0.4, 0.5) is 5.69 Å². The summed E-state index contributed by atoms with van der Waals surface area (Å²) in [6.07, 6.45) is 0. The van der Waals surface area contributed by atoms with Gasteiger partial charge >= 0.3 is 0 Å². The van der Waals surface area contributed by atoms with Crippen molar-refractivity contribution < 1.29 is 13.2 Å². The van der Waals surface area contributed by atoms with Crippen LogP contribution in [0, 0.1) is 0 Å². The number of nitrogens with one attached hydrogen (secondary N) is 1. The second-order valence-electron chi connectivity index (χ2n) is 4.27. The third-order valence-corrected chi connectivity index (χ3v) is 4.60. The van der Waals surface area contributed by atoms with E-state index in [-0.39, 0.29) is 18.0 Å². The fourth-order valence-corrected chi connectivity index (χ4v) is 3.24. The van der Waals surface area contributed by atoms with Crippen LogP contribution >= 0.6 is 15.9 Å². The van der Waals surface area contributed by atoms with Crippen molar-refractivity contribution in [1.29, 1.82) is 0 Å². The maximum absolute atomic E-state index is 12.0. The van der Waals surface area contributed by atoms with Gasteiger partial charge in [-0.3, -0.25) is 0 Å². The lowest BCUT2D eigenvalue weighted by molar-refractivity contribution is 0.323. The third kappa shape index (κ3) is 4.73. The first kappa shape index (κ1) is 15.8. The highest BCUT2D eigenvalue weighted by Gasteiger charge is 2.13. The molecule has 0 bridgehead atoms. The number of hydrogen-bond donors (Lipinski definition) is 2. The van der Waals surface area contributed by atoms with Crippen LogP contribution in [-0.4, -0.2) is 21.6 Å². The molecule has 21 heavy (non-hydrogen) atoms. The van der Waals surface area contributed by atoms with Crippen LogP contribution in [0.3, 0.4) is 0 Å². The second-order valence-corrected chi connectivity index (χ2v) is 6.96. The van der Waals surface area contributed by atoms with Gasteiger partial charge in [0.05, 0.1) is 4.90 Å². The van der Waals surface area contributed by atoms with Gasteiger partial charge in [0.1, 0.15) is 12.4 Å². The summed E-state index contributed by atoms with van der Waals surface area (Å²) in [5.74, 6) is 0.644. The molecule has 7 heteroatoms. The first-order valence-corrected chi connectivity index (χ1v) is 8.48. The Kier molecular flexibility index (Phi) is 5.22. The zero-order valence-corrected chi connectivity index (χ0v) is 13.5. The van der Waals surface area contributed by atoms with Gasteiger partial charge in [-0.1, -0.05) is 22.0 Å². The van der Waals surface area contributed by atoms with Crippen molar-refractivity contribution in [1.82, 2.24) is 4.72 Å². The van der Waals surface area contributed by atoms with E-state index >= 15 is 0 Å². The van der Waals surface area contributed by atoms with Crippen LogP contribution in [0.25, 0.3) is 0 Å². The van der Waals surface area contributed by atoms with Gasteiger partial charge in [-0.15, -0.1) is 0 Å². The van der Waals surface area contributed by atoms with Gasteiger partial charge in [-0.05, 0) is 42.5 Å². The number of halogens is 1. The summed E-state index contributed by atoms with van der Waals surface area (Å²) in [5, 5.41) is 0. The number of sulfonamides is 1. The molecule has 112 valence electrons. The minimum atomic E-state index is -3.52. The van der Waals surface area contributed by atoms with E-state index in [4.69, 9.17) is 10.5 Å². The molecule has 0 fully saturated rings. The van der Waals surface area contributed by atoms with Crippen molar-refractivity contribution in [2.75, 3.05) is 18.9 Å². The normalized spacial score (nSPS) is 11.3. The molecule has 0 atom stereocenters. The molecule has 2 aromatic carbocycles. The van der Waals surface area contributed by atoms with E-state index in [1.165, 1.54) is 6.07 Å². The molecule has 0 saturated carbocycles. The average Bonchev–Trinajstić information content (AvgIpc) is 2.45. The summed E-state index contributed by atoms with van der Waals surface area (Å²) in [4.78, 5) is 0.212. The lowest BCUT2D eigenvalue weighted by Crippen LogP contribution is -2.28. The molecule has 0 aliphatic rings. The fraction of sp³-hybridized carbons (Fsp3) is 0.143. The van der Waals surface area contributed by atoms with Gasteiger partial charge in [0.25, 0.3) is 0 Å². The van der Waals surface area contributed by atoms with Crippen LogP contribution in [0.2, 0.25) is 0 Å². The quantitative estimate of drug-likeness (QED) is 0.604. The summed E-state index contributed by atoms with van der Waals surface area (Å²) in [6.45, 7) is 0.413. The van der Waals surface area contributed by atoms with Gasteiger partial charge in [0.2, 0.25) is 10.0 Å². The van der Waals surface area contributed by atoms with Gasteiger partial charge < -0.3 is 10.5 Å². The zero-order valence-electron chi connectivity index (χ0n) is 11.1. The van der Waals surface area contributed by atoms with Gasteiger partial charge in [-0.2, -0.15) is 0 Å². The van der Waals surface area contributed by atoms with Gasteiger partial charge in [0.15, 0.2) is 0 Å². The van der Waals surface area contributed by atoms with Gasteiger partial charge in [0, 0.05) is 16.7 Å². The molecule has 2 aromatic rings. The SMILES string of the molecule is Nc1ccc(OCCNS(=O)(=O)c2cccc(Br)c2)cc1. The first-order valence-electron chi connectivity index (χ1n) is 6.21. The number of benzene rings is 2. The van der Waals surface area contributed by atoms with Crippen molar-refractivity contribution in [2.45, 2.75) is 4.90 Å². The van der Waals surface area contributed by atoms with E-state index in [0.29, 0.717) is 15.9 Å². The predicted octanol–water partition coefficient (Wildman–Crippen LogP) is 2.39. The third-order valence-electron chi connectivity index (χ3n) is 2.65. The Morgan fingerprint density at radius 2 is 1.86 bits per heavy atom. The lowest BCUT2D eigenvalue weighted by Gasteiger charge is -2.09. The van der Waals surface area contributed by atoms with Gasteiger partial charge in [-0.25, -0.2) is 13.1 Å². The Bertz CT molecular complexity index is 702. The standard InChI is InChI=1S/C14H15BrN2O3S/c15-11-2-1-3-14(10-11)21(18,19)17-8-9-20-13-6-4-12(16)5-7-13/h1-7,10,17H,8-9,16H2. The van der Waals surface area contributed by atoms with Crippen LogP contribution in [-0.2, 0) is 10.0 Å². The topological polar surface area (TPSA) is 81.4 Å². The molecule has 2 rings (SSSR count). The number of nitrogen functional groups attached to an aromatic ring is 1. The van der Waals surface area contributed by atoms with E-state index in [1.807, 2.05) is 0 Å². The molecule has 0 amide bonds. The van der Waals surface area contributed by atoms with Crippen molar-refractivity contribution in [3.63, 3.8) is 0 Å². The number of ether oxygens (including phenoxy) is 1.